The summed E-state index contributed by atoms with van der Waals surface area (Å²) < 4.78 is 31.3. The van der Waals surface area contributed by atoms with Crippen LogP contribution in [0.25, 0.3) is 0 Å². The van der Waals surface area contributed by atoms with Crippen LogP contribution in [0, 0.1) is 6.92 Å². The van der Waals surface area contributed by atoms with E-state index >= 15 is 0 Å². The van der Waals surface area contributed by atoms with E-state index in [-0.39, 0.29) is 17.1 Å². The molecular formula is C13H18N6O2S. The van der Waals surface area contributed by atoms with Crippen LogP contribution >= 0.6 is 0 Å². The number of nitrogens with zero attached hydrogens (tertiary/aromatic N) is 6. The van der Waals surface area contributed by atoms with Gasteiger partial charge in [-0.25, -0.2) is 13.4 Å². The van der Waals surface area contributed by atoms with Crippen LogP contribution in [0.1, 0.15) is 24.5 Å². The highest BCUT2D eigenvalue weighted by atomic mass is 32.2. The third-order valence-electron chi connectivity index (χ3n) is 4.60. The van der Waals surface area contributed by atoms with Crippen molar-refractivity contribution in [1.29, 1.82) is 0 Å². The van der Waals surface area contributed by atoms with Crippen LogP contribution in [0.4, 0.5) is 0 Å². The SMILES string of the molecule is Cc1nnc2n1C[C@H]1CC[C@@H](C2)N1S(=O)(=O)c1cn(C)cn1. The summed E-state index contributed by atoms with van der Waals surface area (Å²) in [6, 6.07) is -0.102. The molecule has 4 heterocycles. The van der Waals surface area contributed by atoms with Crippen molar-refractivity contribution in [2.24, 2.45) is 7.05 Å². The quantitative estimate of drug-likeness (QED) is 0.782. The van der Waals surface area contributed by atoms with Gasteiger partial charge in [0, 0.05) is 38.3 Å². The van der Waals surface area contributed by atoms with Crippen LogP contribution < -0.4 is 0 Å². The van der Waals surface area contributed by atoms with Crippen molar-refractivity contribution >= 4 is 10.0 Å². The maximum atomic E-state index is 13.0. The van der Waals surface area contributed by atoms with Crippen LogP contribution in [0.15, 0.2) is 17.6 Å². The Bertz CT molecular complexity index is 823. The van der Waals surface area contributed by atoms with E-state index in [0.29, 0.717) is 13.0 Å². The molecule has 2 aliphatic rings. The Balaban J connectivity index is 1.75. The lowest BCUT2D eigenvalue weighted by Crippen LogP contribution is -2.42. The van der Waals surface area contributed by atoms with Gasteiger partial charge >= 0.3 is 0 Å². The minimum atomic E-state index is -3.57. The molecule has 1 saturated heterocycles. The van der Waals surface area contributed by atoms with Gasteiger partial charge in [-0.05, 0) is 19.8 Å². The molecule has 2 aromatic heterocycles. The van der Waals surface area contributed by atoms with E-state index in [4.69, 9.17) is 0 Å². The molecule has 2 aromatic rings. The monoisotopic (exact) mass is 322 g/mol. The predicted octanol–water partition coefficient (Wildman–Crippen LogP) is 0.0980. The minimum absolute atomic E-state index is 0.0482. The number of hydrogen-bond donors (Lipinski definition) is 0. The molecule has 0 N–H and O–H groups in total. The van der Waals surface area contributed by atoms with E-state index in [2.05, 4.69) is 15.2 Å². The molecule has 4 rings (SSSR count). The Kier molecular flexibility index (Phi) is 2.92. The third kappa shape index (κ3) is 1.92. The highest BCUT2D eigenvalue weighted by Gasteiger charge is 2.45. The molecule has 9 heteroatoms. The fraction of sp³-hybridized carbons (Fsp3) is 0.615. The number of hydrogen-bond acceptors (Lipinski definition) is 5. The summed E-state index contributed by atoms with van der Waals surface area (Å²) in [6.07, 6.45) is 5.43. The van der Waals surface area contributed by atoms with Crippen LogP contribution in [-0.2, 0) is 30.0 Å². The number of fused-ring (bicyclic) bond motifs is 3. The first-order chi connectivity index (χ1) is 10.5. The molecule has 0 aliphatic carbocycles. The molecule has 2 bridgehead atoms. The molecule has 0 saturated carbocycles. The van der Waals surface area contributed by atoms with Crippen molar-refractivity contribution in [1.82, 2.24) is 28.6 Å². The second kappa shape index (κ2) is 4.63. The van der Waals surface area contributed by atoms with Gasteiger partial charge in [-0.2, -0.15) is 4.31 Å². The van der Waals surface area contributed by atoms with Crippen molar-refractivity contribution in [2.75, 3.05) is 0 Å². The Morgan fingerprint density at radius 3 is 2.73 bits per heavy atom. The largest absolute Gasteiger partial charge is 0.339 e. The number of imidazole rings is 1. The minimum Gasteiger partial charge on any atom is -0.339 e. The fourth-order valence-electron chi connectivity index (χ4n) is 3.56. The van der Waals surface area contributed by atoms with Gasteiger partial charge in [0.1, 0.15) is 11.6 Å². The summed E-state index contributed by atoms with van der Waals surface area (Å²) in [4.78, 5) is 4.04. The van der Waals surface area contributed by atoms with Gasteiger partial charge in [-0.15, -0.1) is 10.2 Å². The molecule has 2 aliphatic heterocycles. The van der Waals surface area contributed by atoms with Crippen molar-refractivity contribution in [3.05, 3.63) is 24.2 Å². The summed E-state index contributed by atoms with van der Waals surface area (Å²) >= 11 is 0. The van der Waals surface area contributed by atoms with Gasteiger partial charge in [-0.3, -0.25) is 0 Å². The van der Waals surface area contributed by atoms with Gasteiger partial charge in [0.15, 0.2) is 5.03 Å². The Morgan fingerprint density at radius 1 is 1.23 bits per heavy atom. The van der Waals surface area contributed by atoms with Crippen molar-refractivity contribution in [3.8, 4) is 0 Å². The zero-order chi connectivity index (χ0) is 15.5. The number of sulfonamides is 1. The van der Waals surface area contributed by atoms with Crippen molar-refractivity contribution in [2.45, 2.75) is 49.8 Å². The Labute approximate surface area is 128 Å². The lowest BCUT2D eigenvalue weighted by atomic mass is 10.1. The molecule has 0 aromatic carbocycles. The zero-order valence-electron chi connectivity index (χ0n) is 12.5. The fourth-order valence-corrected chi connectivity index (χ4v) is 5.39. The second-order valence-corrected chi connectivity index (χ2v) is 7.87. The van der Waals surface area contributed by atoms with Crippen LogP contribution in [0.2, 0.25) is 0 Å². The van der Waals surface area contributed by atoms with Crippen LogP contribution in [0.3, 0.4) is 0 Å². The number of aryl methyl sites for hydroxylation is 2. The van der Waals surface area contributed by atoms with Crippen LogP contribution in [0.5, 0.6) is 0 Å². The van der Waals surface area contributed by atoms with Gasteiger partial charge in [0.05, 0.1) is 6.33 Å². The van der Waals surface area contributed by atoms with E-state index in [9.17, 15) is 8.42 Å². The zero-order valence-corrected chi connectivity index (χ0v) is 13.4. The number of rotatable bonds is 2. The predicted molar refractivity (Wildman–Crippen MR) is 77.5 cm³/mol. The first kappa shape index (κ1) is 13.9. The van der Waals surface area contributed by atoms with Gasteiger partial charge in [0.25, 0.3) is 10.0 Å². The lowest BCUT2D eigenvalue weighted by molar-refractivity contribution is 0.313. The first-order valence-electron chi connectivity index (χ1n) is 7.37. The molecule has 2 atom stereocenters. The van der Waals surface area contributed by atoms with Gasteiger partial charge in [-0.1, -0.05) is 0 Å². The molecule has 0 spiro atoms. The van der Waals surface area contributed by atoms with E-state index in [0.717, 1.165) is 24.5 Å². The molecule has 1 fully saturated rings. The highest BCUT2D eigenvalue weighted by molar-refractivity contribution is 7.89. The second-order valence-electron chi connectivity index (χ2n) is 6.08. The van der Waals surface area contributed by atoms with Gasteiger partial charge < -0.3 is 9.13 Å². The molecule has 0 radical (unpaired) electrons. The van der Waals surface area contributed by atoms with Gasteiger partial charge in [0.2, 0.25) is 0 Å². The molecular weight excluding hydrogens is 304 g/mol. The Morgan fingerprint density at radius 2 is 2.00 bits per heavy atom. The molecule has 22 heavy (non-hydrogen) atoms. The maximum absolute atomic E-state index is 13.0. The summed E-state index contributed by atoms with van der Waals surface area (Å²) in [5.74, 6) is 1.73. The smallest absolute Gasteiger partial charge is 0.262 e. The van der Waals surface area contributed by atoms with E-state index in [1.807, 2.05) is 11.5 Å². The topological polar surface area (TPSA) is 85.9 Å². The molecule has 118 valence electrons. The van der Waals surface area contributed by atoms with Crippen LogP contribution in [-0.4, -0.2) is 49.1 Å². The number of aromatic nitrogens is 5. The first-order valence-corrected chi connectivity index (χ1v) is 8.81. The summed E-state index contributed by atoms with van der Waals surface area (Å²) in [6.45, 7) is 2.53. The van der Waals surface area contributed by atoms with Crippen molar-refractivity contribution < 1.29 is 8.42 Å². The molecule has 0 unspecified atom stereocenters. The standard InChI is InChI=1S/C13H18N6O2S/c1-9-15-16-12-5-10-3-4-11(6-18(9)12)19(10)22(20,21)13-7-17(2)8-14-13/h7-8,10-11H,3-6H2,1-2H3/t10-,11+/m0/s1. The summed E-state index contributed by atoms with van der Waals surface area (Å²) in [7, 11) is -1.80. The molecule has 8 nitrogen and oxygen atoms in total. The molecule has 0 amide bonds. The highest BCUT2D eigenvalue weighted by Crippen LogP contribution is 2.35. The van der Waals surface area contributed by atoms with Crippen molar-refractivity contribution in [3.63, 3.8) is 0 Å². The summed E-state index contributed by atoms with van der Waals surface area (Å²) in [5.41, 5.74) is 0. The average molecular weight is 322 g/mol. The summed E-state index contributed by atoms with van der Waals surface area (Å²) in [5, 5.41) is 8.44. The third-order valence-corrected chi connectivity index (χ3v) is 6.49. The maximum Gasteiger partial charge on any atom is 0.262 e. The normalized spacial score (nSPS) is 25.2. The van der Waals surface area contributed by atoms with E-state index in [1.54, 1.807) is 22.1 Å². The Hall–Kier alpha value is -1.74. The van der Waals surface area contributed by atoms with E-state index < -0.39 is 10.0 Å². The average Bonchev–Trinajstić information content (AvgIpc) is 3.10. The van der Waals surface area contributed by atoms with E-state index in [1.165, 1.54) is 6.33 Å². The lowest BCUT2D eigenvalue weighted by Gasteiger charge is -2.25.